The highest BCUT2D eigenvalue weighted by Gasteiger charge is 2.39. The standard InChI is InChI=1S/C29H37NO2.C21H25NO5.C19H21NO2.C11H17BO3.C11H15BrO.C10H10BrNO4.C5H10O/c1-11-21-20(10)29(12-2,13-3)30-26-18(8)17(7)22-23-16(6)14(4)15(5)19(9)27(23)32-28(31)25(22)24(21)26;1-10-11(2)15(6)20(26-7)19(13(10)4)18-14(5)12(3)17(22(24)25)9-16(18)21(23)27-8;1-8-9(2)13(6)18-17(11(8)4)16-12(5)10(3)15(20)7-14(16)19(21)22-18;1-6-7(2)9(4)11(15-5)10(8(6)3)12(13)14;1-6-7(2)9(4)11(13-5)10(12)8(6)3;1-5-6(2)9(11)7(10(13)16-3)4-8(5)12(14)15;1-3-5(6)4-2/h30H,11-13H2,1-10H3;9H,1-8H3;7H,20H2,1-6H3;13-14H,1-5H3;1-5H3;4H,1-3H3;3-4H2,1-2H3. The van der Waals surface area contributed by atoms with Gasteiger partial charge in [0.15, 0.2) is 0 Å². The fourth-order valence-corrected chi connectivity index (χ4v) is 19.1. The van der Waals surface area contributed by atoms with Crippen LogP contribution in [0.15, 0.2) is 51.1 Å². The number of halogens is 2. The topological polar surface area (TPSA) is 323 Å². The van der Waals surface area contributed by atoms with E-state index in [2.05, 4.69) is 160 Å². The number of nitrogen functional groups attached to an aromatic ring is 1. The largest absolute Gasteiger partial charge is 0.497 e. The number of nitrogens with one attached hydrogen (secondary N) is 1. The molecule has 25 heteroatoms. The summed E-state index contributed by atoms with van der Waals surface area (Å²) in [6.45, 7) is 69.0. The molecular formula is C106H135BBr2N4O18. The number of aryl methyl sites for hydroxylation is 6. The van der Waals surface area contributed by atoms with Crippen LogP contribution in [0.5, 0.6) is 17.2 Å². The van der Waals surface area contributed by atoms with Crippen molar-refractivity contribution in [2.24, 2.45) is 0 Å². The van der Waals surface area contributed by atoms with E-state index in [1.165, 1.54) is 104 Å². The predicted molar refractivity (Wildman–Crippen MR) is 545 cm³/mol. The fourth-order valence-electron chi connectivity index (χ4n) is 17.8. The van der Waals surface area contributed by atoms with Crippen molar-refractivity contribution in [3.05, 3.63) is 246 Å². The summed E-state index contributed by atoms with van der Waals surface area (Å²) in [5.74, 6) is 1.32. The molecule has 0 fully saturated rings. The van der Waals surface area contributed by atoms with E-state index < -0.39 is 28.9 Å². The number of carbonyl (C=O) groups excluding carboxylic acids is 3. The maximum absolute atomic E-state index is 13.6. The van der Waals surface area contributed by atoms with E-state index >= 15 is 0 Å². The lowest BCUT2D eigenvalue weighted by Crippen LogP contribution is -2.42. The molecule has 131 heavy (non-hydrogen) atoms. The van der Waals surface area contributed by atoms with E-state index in [0.29, 0.717) is 84.5 Å². The number of esters is 2. The van der Waals surface area contributed by atoms with Gasteiger partial charge in [-0.1, -0.05) is 34.6 Å². The summed E-state index contributed by atoms with van der Waals surface area (Å²) in [5.41, 5.74) is 43.9. The molecule has 0 saturated carbocycles. The summed E-state index contributed by atoms with van der Waals surface area (Å²) >= 11 is 6.78. The van der Waals surface area contributed by atoms with Gasteiger partial charge in [0.05, 0.1) is 77.3 Å². The Morgan fingerprint density at radius 2 is 0.779 bits per heavy atom. The quantitative estimate of drug-likeness (QED) is 0.0149. The van der Waals surface area contributed by atoms with Gasteiger partial charge >= 0.3 is 30.3 Å². The van der Waals surface area contributed by atoms with E-state index in [-0.39, 0.29) is 39.3 Å². The van der Waals surface area contributed by atoms with Crippen molar-refractivity contribution in [2.45, 2.75) is 273 Å². The number of anilines is 2. The van der Waals surface area contributed by atoms with Crippen LogP contribution >= 0.6 is 31.9 Å². The smallest absolute Gasteiger partial charge is 0.492 e. The molecule has 0 atom stereocenters. The van der Waals surface area contributed by atoms with Crippen molar-refractivity contribution in [3.63, 3.8) is 0 Å². The second-order valence-electron chi connectivity index (χ2n) is 34.3. The number of nitro groups is 2. The van der Waals surface area contributed by atoms with Gasteiger partial charge in [0, 0.05) is 95.6 Å². The van der Waals surface area contributed by atoms with Gasteiger partial charge in [-0.2, -0.15) is 0 Å². The number of nitrogens with two attached hydrogens (primary N) is 1. The van der Waals surface area contributed by atoms with Crippen LogP contribution in [0.2, 0.25) is 0 Å². The molecule has 0 bridgehead atoms. The van der Waals surface area contributed by atoms with Gasteiger partial charge in [0.25, 0.3) is 11.4 Å². The van der Waals surface area contributed by atoms with E-state index in [0.717, 1.165) is 146 Å². The summed E-state index contributed by atoms with van der Waals surface area (Å²) in [6.07, 6.45) is 4.30. The van der Waals surface area contributed by atoms with Gasteiger partial charge in [-0.05, 0) is 414 Å². The average molecular weight is 1920 g/mol. The number of methoxy groups -OCH3 is 5. The van der Waals surface area contributed by atoms with Crippen LogP contribution < -0.4 is 42.0 Å². The molecule has 9 aromatic carbocycles. The van der Waals surface area contributed by atoms with Crippen LogP contribution in [0, 0.1) is 214 Å². The highest BCUT2D eigenvalue weighted by Crippen LogP contribution is 2.51. The SMILES string of the molecule is CCC(=O)CC.CCC1=C(C)C(CC)(CC)Nc2c(C)c(C)c3c(c21)c(=O)oc1c(C)c(C)c(C)c(C)c13.COC(=O)c1cc([N+](=O)[O-])c(C)c(C)c1-c1c(C)c(C)c(C)c(C)c1OC.COC(=O)c1cc([N+](=O)[O-])c(C)c(C)c1Br.COc1c(C)c(C)c(C)c(C)c1B(O)O.COc1c(C)c(C)c(C)c(C)c1Br.Cc1c(C)c(C)c2c(oc(=O)c3cc(N)c(C)c(C)c32)c1C. The monoisotopic (exact) mass is 1920 g/mol. The summed E-state index contributed by atoms with van der Waals surface area (Å²) in [4.78, 5) is 81.4. The first-order valence-electron chi connectivity index (χ1n) is 44.1. The number of hydrogen-bond acceptors (Lipinski definition) is 20. The Morgan fingerprint density at radius 3 is 1.21 bits per heavy atom. The summed E-state index contributed by atoms with van der Waals surface area (Å²) in [5, 5.41) is 50.3. The first-order valence-corrected chi connectivity index (χ1v) is 45.7. The lowest BCUT2D eigenvalue weighted by atomic mass is 9.73. The normalized spacial score (nSPS) is 11.7. The minimum absolute atomic E-state index is 0.0690. The zero-order chi connectivity index (χ0) is 100. The molecule has 3 heterocycles. The molecule has 0 amide bonds. The van der Waals surface area contributed by atoms with Gasteiger partial charge in [-0.3, -0.25) is 25.0 Å². The fraction of sp³-hybridized carbons (Fsp3) is 0.425. The van der Waals surface area contributed by atoms with Crippen LogP contribution in [0.4, 0.5) is 22.7 Å². The minimum atomic E-state index is -1.49. The van der Waals surface area contributed by atoms with Gasteiger partial charge in [-0.15, -0.1) is 0 Å². The number of ether oxygens (including phenoxy) is 5. The third kappa shape index (κ3) is 20.5. The number of Topliss-reactive ketones (excluding diaryl/α,β-unsaturated/α-hetero) is 1. The van der Waals surface area contributed by atoms with Crippen molar-refractivity contribution in [3.8, 4) is 28.4 Å². The lowest BCUT2D eigenvalue weighted by molar-refractivity contribution is -0.385. The molecule has 0 radical (unpaired) electrons. The molecule has 5 N–H and O–H groups in total. The Balaban J connectivity index is 0.000000245. The van der Waals surface area contributed by atoms with Crippen molar-refractivity contribution in [2.75, 3.05) is 46.6 Å². The highest BCUT2D eigenvalue weighted by molar-refractivity contribution is 9.11. The zero-order valence-corrected chi connectivity index (χ0v) is 87.7. The molecule has 704 valence electrons. The Kier molecular flexibility index (Phi) is 36.6. The maximum Gasteiger partial charge on any atom is 0.492 e. The second kappa shape index (κ2) is 44.0. The molecule has 1 aliphatic heterocycles. The van der Waals surface area contributed by atoms with Gasteiger partial charge in [0.1, 0.15) is 34.2 Å². The van der Waals surface area contributed by atoms with Gasteiger partial charge in [-0.25, -0.2) is 19.2 Å². The van der Waals surface area contributed by atoms with Crippen molar-refractivity contribution in [1.29, 1.82) is 0 Å². The molecule has 0 saturated heterocycles. The Labute approximate surface area is 789 Å². The highest BCUT2D eigenvalue weighted by atomic mass is 79.9. The van der Waals surface area contributed by atoms with Gasteiger partial charge < -0.3 is 53.6 Å². The van der Waals surface area contributed by atoms with Crippen molar-refractivity contribution in [1.82, 2.24) is 0 Å². The molecule has 11 aromatic rings. The van der Waals surface area contributed by atoms with Crippen LogP contribution in [0.3, 0.4) is 0 Å². The van der Waals surface area contributed by atoms with Gasteiger partial charge in [0.2, 0.25) is 0 Å². The Hall–Kier alpha value is -11.0. The third-order valence-electron chi connectivity index (χ3n) is 28.6. The third-order valence-corrected chi connectivity index (χ3v) is 30.6. The molecule has 0 unspecified atom stereocenters. The molecule has 1 aliphatic rings. The number of nitrogens with zero attached hydrogens (tertiary/aromatic N) is 2. The number of rotatable bonds is 14. The van der Waals surface area contributed by atoms with Crippen molar-refractivity contribution < 1.29 is 66.8 Å². The first-order chi connectivity index (χ1) is 61.0. The number of nitro benzene ring substituents is 2. The molecule has 12 rings (SSSR count). The number of hydrogen-bond donors (Lipinski definition) is 4. The van der Waals surface area contributed by atoms with E-state index in [1.54, 1.807) is 55.1 Å². The minimum Gasteiger partial charge on any atom is -0.497 e. The summed E-state index contributed by atoms with van der Waals surface area (Å²) in [6, 6.07) is 4.26. The summed E-state index contributed by atoms with van der Waals surface area (Å²) < 4.78 is 39.1. The first kappa shape index (κ1) is 109. The van der Waals surface area contributed by atoms with E-state index in [9.17, 15) is 54.2 Å². The molecule has 0 aliphatic carbocycles. The zero-order valence-electron chi connectivity index (χ0n) is 84.5. The van der Waals surface area contributed by atoms with Crippen LogP contribution in [-0.4, -0.2) is 85.8 Å². The lowest BCUT2D eigenvalue weighted by Gasteiger charge is -2.43. The second-order valence-corrected chi connectivity index (χ2v) is 35.9. The Morgan fingerprint density at radius 1 is 0.412 bits per heavy atom. The van der Waals surface area contributed by atoms with Crippen molar-refractivity contribution >= 4 is 134 Å². The van der Waals surface area contributed by atoms with E-state index in [1.807, 2.05) is 90.0 Å². The molecule has 0 spiro atoms. The van der Waals surface area contributed by atoms with Crippen LogP contribution in [0.25, 0.3) is 60.2 Å². The van der Waals surface area contributed by atoms with Crippen LogP contribution in [-0.2, 0) is 14.3 Å². The number of carbonyl (C=O) groups is 3. The maximum atomic E-state index is 13.6. The predicted octanol–water partition coefficient (Wildman–Crippen LogP) is 25.7. The number of ketones is 1. The summed E-state index contributed by atoms with van der Waals surface area (Å²) in [7, 11) is 5.85. The number of fused-ring (bicyclic) bond motifs is 8. The number of benzene rings is 9. The van der Waals surface area contributed by atoms with E-state index in [4.69, 9.17) is 33.5 Å². The number of allylic oxidation sites excluding steroid dienone is 1. The van der Waals surface area contributed by atoms with Crippen LogP contribution in [0.1, 0.15) is 256 Å². The molecule has 2 aromatic heterocycles. The molecule has 22 nitrogen and oxygen atoms in total. The average Bonchev–Trinajstić information content (AvgIpc) is 0.692. The Bertz CT molecular complexity index is 6580. The molecular weight excluding hydrogens is 1790 g/mol.